The molecule has 0 bridgehead atoms. The van der Waals surface area contributed by atoms with Crippen molar-refractivity contribution in [2.45, 2.75) is 181 Å². The molecule has 1 heterocycles. The normalized spacial score (nSPS) is 19.0. The molecule has 8 rings (SSSR count). The smallest absolute Gasteiger partial charge is 0.0517 e. The van der Waals surface area contributed by atoms with Crippen LogP contribution in [0.25, 0.3) is 0 Å². The van der Waals surface area contributed by atoms with Gasteiger partial charge in [0.15, 0.2) is 0 Å². The first-order valence-corrected chi connectivity index (χ1v) is 25.2. The molecule has 1 saturated carbocycles. The van der Waals surface area contributed by atoms with E-state index in [1.54, 1.807) is 0 Å². The Morgan fingerprint density at radius 3 is 1.00 bits per heavy atom. The molecule has 6 aromatic rings. The maximum Gasteiger partial charge on any atom is 0.0517 e. The van der Waals surface area contributed by atoms with Crippen molar-refractivity contribution in [3.8, 4) is 0 Å². The van der Waals surface area contributed by atoms with E-state index in [2.05, 4.69) is 266 Å². The lowest BCUT2D eigenvalue weighted by atomic mass is 9.61. The molecule has 0 amide bonds. The largest absolute Gasteiger partial charge is 0.334 e. The average molecular weight is 892 g/mol. The molecule has 1 aliphatic heterocycles. The van der Waals surface area contributed by atoms with Crippen LogP contribution in [0.1, 0.15) is 177 Å². The van der Waals surface area contributed by atoms with Crippen LogP contribution in [0.15, 0.2) is 133 Å². The van der Waals surface area contributed by atoms with Gasteiger partial charge in [0.2, 0.25) is 0 Å². The third-order valence-corrected chi connectivity index (χ3v) is 15.6. The summed E-state index contributed by atoms with van der Waals surface area (Å²) >= 11 is 0. The van der Waals surface area contributed by atoms with Gasteiger partial charge in [0, 0.05) is 39.5 Å². The molecule has 2 aliphatic rings. The summed E-state index contributed by atoms with van der Waals surface area (Å²) in [4.78, 5) is 7.77. The Labute approximate surface area is 406 Å². The Balaban J connectivity index is 1.45. The van der Waals surface area contributed by atoms with Gasteiger partial charge in [0.05, 0.1) is 16.9 Å². The quantitative estimate of drug-likeness (QED) is 0.158. The molecule has 3 nitrogen and oxygen atoms in total. The fourth-order valence-electron chi connectivity index (χ4n) is 10.9. The van der Waals surface area contributed by atoms with Crippen LogP contribution in [-0.2, 0) is 32.5 Å². The second-order valence-electron chi connectivity index (χ2n) is 25.7. The molecule has 0 N–H and O–H groups in total. The van der Waals surface area contributed by atoms with E-state index in [0.29, 0.717) is 0 Å². The minimum atomic E-state index is -0.138. The Bertz CT molecular complexity index is 2450. The summed E-state index contributed by atoms with van der Waals surface area (Å²) in [6.07, 6.45) is 4.76. The average Bonchev–Trinajstić information content (AvgIpc) is 3.45. The maximum absolute atomic E-state index is 2.77. The molecule has 3 heteroatoms. The van der Waals surface area contributed by atoms with E-state index in [1.807, 2.05) is 0 Å². The Morgan fingerprint density at radius 1 is 0.358 bits per heavy atom. The van der Waals surface area contributed by atoms with Crippen molar-refractivity contribution in [1.29, 1.82) is 0 Å². The highest BCUT2D eigenvalue weighted by Crippen LogP contribution is 2.62. The van der Waals surface area contributed by atoms with Gasteiger partial charge in [0.1, 0.15) is 0 Å². The van der Waals surface area contributed by atoms with E-state index in [9.17, 15) is 0 Å². The lowest BCUT2D eigenvalue weighted by Crippen LogP contribution is -2.54. The molecule has 1 fully saturated rings. The molecule has 0 aromatic heterocycles. The van der Waals surface area contributed by atoms with Gasteiger partial charge in [-0.1, -0.05) is 184 Å². The van der Waals surface area contributed by atoms with Gasteiger partial charge < -0.3 is 14.7 Å². The highest BCUT2D eigenvalue weighted by molar-refractivity contribution is 5.89. The number of fused-ring (bicyclic) bond motifs is 3. The van der Waals surface area contributed by atoms with E-state index < -0.39 is 0 Å². The van der Waals surface area contributed by atoms with Crippen molar-refractivity contribution in [2.24, 2.45) is 0 Å². The lowest BCUT2D eigenvalue weighted by molar-refractivity contribution is 0.195. The Morgan fingerprint density at radius 2 is 0.672 bits per heavy atom. The molecule has 67 heavy (non-hydrogen) atoms. The fraction of sp³-hybridized carbons (Fsp3) is 0.438. The number of anilines is 8. The lowest BCUT2D eigenvalue weighted by Gasteiger charge is -2.50. The third kappa shape index (κ3) is 9.10. The van der Waals surface area contributed by atoms with Gasteiger partial charge in [-0.25, -0.2) is 0 Å². The van der Waals surface area contributed by atoms with Gasteiger partial charge >= 0.3 is 0 Å². The predicted octanol–water partition coefficient (Wildman–Crippen LogP) is 18.9. The number of hydrogen-bond donors (Lipinski definition) is 0. The van der Waals surface area contributed by atoms with Crippen LogP contribution in [0.4, 0.5) is 45.5 Å². The van der Waals surface area contributed by atoms with Crippen LogP contribution in [-0.4, -0.2) is 5.54 Å². The van der Waals surface area contributed by atoms with Crippen LogP contribution in [0.5, 0.6) is 0 Å². The zero-order valence-corrected chi connectivity index (χ0v) is 44.4. The first-order valence-electron chi connectivity index (χ1n) is 25.2. The van der Waals surface area contributed by atoms with Gasteiger partial charge in [-0.3, -0.25) is 0 Å². The van der Waals surface area contributed by atoms with E-state index in [4.69, 9.17) is 0 Å². The number of hydrogen-bond acceptors (Lipinski definition) is 3. The Hall–Kier alpha value is -5.28. The van der Waals surface area contributed by atoms with Crippen LogP contribution in [0.3, 0.4) is 0 Å². The highest BCUT2D eigenvalue weighted by atomic mass is 15.3. The molecule has 352 valence electrons. The Kier molecular flexibility index (Phi) is 12.0. The van der Waals surface area contributed by atoms with Crippen LogP contribution >= 0.6 is 0 Å². The van der Waals surface area contributed by atoms with Crippen LogP contribution in [0, 0.1) is 0 Å². The zero-order chi connectivity index (χ0) is 48.7. The minimum absolute atomic E-state index is 0.0193. The van der Waals surface area contributed by atoms with Crippen LogP contribution < -0.4 is 14.7 Å². The van der Waals surface area contributed by atoms with Gasteiger partial charge in [0.25, 0.3) is 0 Å². The molecule has 0 radical (unpaired) electrons. The second-order valence-corrected chi connectivity index (χ2v) is 25.7. The van der Waals surface area contributed by atoms with Crippen molar-refractivity contribution in [3.05, 3.63) is 167 Å². The zero-order valence-electron chi connectivity index (χ0n) is 44.4. The molecule has 6 aromatic carbocycles. The van der Waals surface area contributed by atoms with Gasteiger partial charge in [-0.2, -0.15) is 0 Å². The minimum Gasteiger partial charge on any atom is -0.334 e. The van der Waals surface area contributed by atoms with E-state index in [1.165, 1.54) is 64.0 Å². The van der Waals surface area contributed by atoms with Gasteiger partial charge in [-0.05, 0) is 153 Å². The van der Waals surface area contributed by atoms with E-state index in [-0.39, 0.29) is 38.0 Å². The van der Waals surface area contributed by atoms with E-state index in [0.717, 1.165) is 40.5 Å². The maximum atomic E-state index is 2.77. The fourth-order valence-corrected chi connectivity index (χ4v) is 10.9. The van der Waals surface area contributed by atoms with Crippen molar-refractivity contribution in [1.82, 2.24) is 0 Å². The van der Waals surface area contributed by atoms with E-state index >= 15 is 0 Å². The summed E-state index contributed by atoms with van der Waals surface area (Å²) in [5.41, 5.74) is 17.6. The van der Waals surface area contributed by atoms with Crippen molar-refractivity contribution in [3.63, 3.8) is 0 Å². The summed E-state index contributed by atoms with van der Waals surface area (Å²) in [6.45, 7) is 39.8. The molecular weight excluding hydrogens is 811 g/mol. The monoisotopic (exact) mass is 892 g/mol. The standard InChI is InChI=1S/C64H81N3/c1-58(2,3)44-20-29-49(30-21-44)65(50-31-22-45(23-32-50)59(4,5)6)53-41-54(66(51-33-24-46(25-34-51)60(7,8)9)52-35-26-47(27-36-52)61(10,11)12)43-55(42-53)67-57-37-28-48(62(13,14)15)40-56(57)63(16)38-18-19-39-64(63,67)17/h20-37,40-43H,18-19,38-39H2,1-17H3. The molecule has 1 aliphatic carbocycles. The SMILES string of the molecule is CC(C)(C)c1ccc(N(c2ccc(C(C)(C)C)cc2)c2cc(N(c3ccc(C(C)(C)C)cc3)c3ccc(C(C)(C)C)cc3)cc(N3c4ccc(C(C)(C)C)cc4C4(C)CCCCC34C)c2)cc1. The first kappa shape index (κ1) is 48.2. The topological polar surface area (TPSA) is 9.72 Å². The molecular formula is C64H81N3. The van der Waals surface area contributed by atoms with Crippen LogP contribution in [0.2, 0.25) is 0 Å². The molecule has 0 spiro atoms. The second kappa shape index (κ2) is 16.7. The number of rotatable bonds is 7. The summed E-state index contributed by atoms with van der Waals surface area (Å²) < 4.78 is 0. The van der Waals surface area contributed by atoms with Crippen molar-refractivity contribution >= 4 is 45.5 Å². The number of nitrogens with zero attached hydrogens (tertiary/aromatic N) is 3. The molecule has 2 unspecified atom stereocenters. The first-order chi connectivity index (χ1) is 31.1. The predicted molar refractivity (Wildman–Crippen MR) is 292 cm³/mol. The van der Waals surface area contributed by atoms with Crippen molar-refractivity contribution in [2.75, 3.05) is 14.7 Å². The molecule has 0 saturated heterocycles. The highest BCUT2D eigenvalue weighted by Gasteiger charge is 2.58. The van der Waals surface area contributed by atoms with Crippen molar-refractivity contribution < 1.29 is 0 Å². The number of benzene rings is 6. The summed E-state index contributed by atoms with van der Waals surface area (Å²) in [6, 6.07) is 52.1. The van der Waals surface area contributed by atoms with Gasteiger partial charge in [-0.15, -0.1) is 0 Å². The summed E-state index contributed by atoms with van der Waals surface area (Å²) in [5, 5.41) is 0. The molecule has 2 atom stereocenters. The summed E-state index contributed by atoms with van der Waals surface area (Å²) in [7, 11) is 0. The third-order valence-electron chi connectivity index (χ3n) is 15.6. The summed E-state index contributed by atoms with van der Waals surface area (Å²) in [5.74, 6) is 0.